The third-order valence-electron chi connectivity index (χ3n) is 4.82. The molecule has 6 nitrogen and oxygen atoms in total. The van der Waals surface area contributed by atoms with Crippen molar-refractivity contribution >= 4 is 17.7 Å². The molecule has 2 N–H and O–H groups in total. The zero-order valence-electron chi connectivity index (χ0n) is 17.3. The number of unbranched alkanes of at least 4 members (excludes halogenated alkanes) is 1. The molecule has 1 heterocycles. The molecule has 0 aliphatic rings. The van der Waals surface area contributed by atoms with Crippen LogP contribution in [-0.4, -0.2) is 44.9 Å². The van der Waals surface area contributed by atoms with Crippen LogP contribution in [0.1, 0.15) is 55.0 Å². The van der Waals surface area contributed by atoms with Crippen LogP contribution in [0, 0.1) is 5.82 Å². The van der Waals surface area contributed by atoms with Gasteiger partial charge in [0.1, 0.15) is 11.6 Å². The molecule has 0 aliphatic carbocycles. The van der Waals surface area contributed by atoms with E-state index in [1.54, 1.807) is 30.9 Å². The van der Waals surface area contributed by atoms with E-state index >= 15 is 0 Å². The number of nitrogens with zero attached hydrogens (tertiary/aromatic N) is 2. The molecule has 0 atom stereocenters. The van der Waals surface area contributed by atoms with Crippen molar-refractivity contribution in [1.29, 1.82) is 0 Å². The van der Waals surface area contributed by atoms with Crippen LogP contribution < -0.4 is 5.56 Å². The van der Waals surface area contributed by atoms with Gasteiger partial charge in [0.15, 0.2) is 5.69 Å². The summed E-state index contributed by atoms with van der Waals surface area (Å²) in [5, 5.41) is 10.1. The van der Waals surface area contributed by atoms with E-state index in [-0.39, 0.29) is 18.1 Å². The normalized spacial score (nSPS) is 11.5. The summed E-state index contributed by atoms with van der Waals surface area (Å²) in [7, 11) is 1.54. The third kappa shape index (κ3) is 6.06. The number of nitrogens with one attached hydrogen (secondary N) is 1. The summed E-state index contributed by atoms with van der Waals surface area (Å²) in [6.45, 7) is 4.11. The van der Waals surface area contributed by atoms with Crippen LogP contribution in [-0.2, 0) is 12.0 Å². The molecule has 2 aromatic rings. The molecule has 2 rings (SSSR count). The second kappa shape index (κ2) is 9.91. The third-order valence-corrected chi connectivity index (χ3v) is 5.52. The van der Waals surface area contributed by atoms with Crippen LogP contribution in [0.25, 0.3) is 0 Å². The van der Waals surface area contributed by atoms with E-state index in [4.69, 9.17) is 0 Å². The minimum Gasteiger partial charge on any atom is -0.501 e. The Morgan fingerprint density at radius 3 is 2.55 bits per heavy atom. The first-order chi connectivity index (χ1) is 13.7. The van der Waals surface area contributed by atoms with Crippen LogP contribution in [0.3, 0.4) is 0 Å². The first kappa shape index (κ1) is 22.9. The number of aromatic nitrogens is 2. The molecule has 0 aliphatic heterocycles. The van der Waals surface area contributed by atoms with Gasteiger partial charge >= 0.3 is 0 Å². The Labute approximate surface area is 174 Å². The van der Waals surface area contributed by atoms with Gasteiger partial charge in [-0.15, -0.1) is 0 Å². The Bertz CT molecular complexity index is 897. The second-order valence-corrected chi connectivity index (χ2v) is 8.72. The minimum atomic E-state index is -0.731. The zero-order chi connectivity index (χ0) is 21.6. The van der Waals surface area contributed by atoms with E-state index in [0.717, 1.165) is 30.6 Å². The average Bonchev–Trinajstić information content (AvgIpc) is 2.68. The van der Waals surface area contributed by atoms with Gasteiger partial charge < -0.3 is 15.0 Å². The summed E-state index contributed by atoms with van der Waals surface area (Å²) >= 11 is 1.79. The maximum absolute atomic E-state index is 13.1. The van der Waals surface area contributed by atoms with Gasteiger partial charge in [0.05, 0.1) is 0 Å². The zero-order valence-corrected chi connectivity index (χ0v) is 18.1. The van der Waals surface area contributed by atoms with Crippen molar-refractivity contribution in [2.75, 3.05) is 19.1 Å². The first-order valence-electron chi connectivity index (χ1n) is 9.48. The lowest BCUT2D eigenvalue weighted by Crippen LogP contribution is -2.32. The number of H-pyrrole nitrogens is 1. The highest BCUT2D eigenvalue weighted by Gasteiger charge is 2.28. The predicted octanol–water partition coefficient (Wildman–Crippen LogP) is 3.70. The van der Waals surface area contributed by atoms with E-state index < -0.39 is 22.6 Å². The minimum absolute atomic E-state index is 0.195. The smallest absolute Gasteiger partial charge is 0.293 e. The molecule has 0 saturated heterocycles. The molecule has 158 valence electrons. The van der Waals surface area contributed by atoms with Crippen molar-refractivity contribution in [3.05, 3.63) is 57.5 Å². The largest absolute Gasteiger partial charge is 0.501 e. The van der Waals surface area contributed by atoms with Crippen molar-refractivity contribution < 1.29 is 14.3 Å². The van der Waals surface area contributed by atoms with Crippen molar-refractivity contribution in [1.82, 2.24) is 14.9 Å². The lowest BCUT2D eigenvalue weighted by atomic mass is 9.86. The molecular weight excluding hydrogens is 393 g/mol. The summed E-state index contributed by atoms with van der Waals surface area (Å²) in [5.74, 6) is -0.183. The number of amides is 1. The van der Waals surface area contributed by atoms with Crippen molar-refractivity contribution in [2.24, 2.45) is 0 Å². The number of benzene rings is 1. The average molecular weight is 422 g/mol. The lowest BCUT2D eigenvalue weighted by Gasteiger charge is -2.24. The summed E-state index contributed by atoms with van der Waals surface area (Å²) in [4.78, 5) is 33.4. The fourth-order valence-electron chi connectivity index (χ4n) is 2.98. The molecule has 0 radical (unpaired) electrons. The van der Waals surface area contributed by atoms with Crippen LogP contribution in [0.2, 0.25) is 0 Å². The number of carbonyl (C=O) groups excluding carboxylic acids is 1. The Morgan fingerprint density at radius 2 is 1.93 bits per heavy atom. The van der Waals surface area contributed by atoms with Gasteiger partial charge in [-0.25, -0.2) is 9.37 Å². The van der Waals surface area contributed by atoms with Crippen LogP contribution in [0.4, 0.5) is 4.39 Å². The summed E-state index contributed by atoms with van der Waals surface area (Å²) < 4.78 is 13.1. The number of carbonyl (C=O) groups is 1. The highest BCUT2D eigenvalue weighted by Crippen LogP contribution is 2.27. The number of thioether (sulfide) groups is 1. The van der Waals surface area contributed by atoms with Crippen LogP contribution >= 0.6 is 11.8 Å². The number of hydrogen-bond acceptors (Lipinski definition) is 5. The molecule has 0 unspecified atom stereocenters. The number of halogens is 1. The van der Waals surface area contributed by atoms with Crippen LogP contribution in [0.5, 0.6) is 5.75 Å². The van der Waals surface area contributed by atoms with Crippen LogP contribution in [0.15, 0.2) is 29.1 Å². The molecule has 1 aromatic carbocycles. The molecule has 0 saturated carbocycles. The first-order valence-corrected chi connectivity index (χ1v) is 10.9. The number of aromatic amines is 1. The van der Waals surface area contributed by atoms with Gasteiger partial charge in [-0.3, -0.25) is 9.59 Å². The van der Waals surface area contributed by atoms with Gasteiger partial charge in [0.2, 0.25) is 5.75 Å². The fraction of sp³-hybridized carbons (Fsp3) is 0.476. The summed E-state index contributed by atoms with van der Waals surface area (Å²) in [6.07, 6.45) is 4.87. The molecule has 8 heteroatoms. The predicted molar refractivity (Wildman–Crippen MR) is 114 cm³/mol. The van der Waals surface area contributed by atoms with E-state index in [9.17, 15) is 19.1 Å². The van der Waals surface area contributed by atoms with Crippen molar-refractivity contribution in [2.45, 2.75) is 45.1 Å². The standard InChI is InChI=1S/C21H28FN3O3S/c1-21(2,11-5-6-12-29-4)20-23-16(17(26)18(27)24-20)19(28)25(3)13-14-7-9-15(22)10-8-14/h7-10,26H,5-6,11-13H2,1-4H3,(H,23,24,27). The number of rotatable bonds is 9. The molecule has 1 aromatic heterocycles. The van der Waals surface area contributed by atoms with Gasteiger partial charge in [0, 0.05) is 19.0 Å². The Balaban J connectivity index is 2.23. The van der Waals surface area contributed by atoms with E-state index in [2.05, 4.69) is 16.2 Å². The molecule has 0 bridgehead atoms. The Hall–Kier alpha value is -2.35. The summed E-state index contributed by atoms with van der Waals surface area (Å²) in [5.41, 5.74) is -0.729. The highest BCUT2D eigenvalue weighted by atomic mass is 32.2. The summed E-state index contributed by atoms with van der Waals surface area (Å²) in [6, 6.07) is 5.78. The van der Waals surface area contributed by atoms with Gasteiger partial charge in [-0.2, -0.15) is 11.8 Å². The molecular formula is C21H28FN3O3S. The van der Waals surface area contributed by atoms with E-state index in [1.165, 1.54) is 17.0 Å². The SMILES string of the molecule is CSCCCCC(C)(C)c1nc(C(=O)N(C)Cc2ccc(F)cc2)c(O)c(=O)[nH]1. The monoisotopic (exact) mass is 421 g/mol. The fourth-order valence-corrected chi connectivity index (χ4v) is 3.48. The van der Waals surface area contributed by atoms with E-state index in [0.29, 0.717) is 5.82 Å². The maximum atomic E-state index is 13.1. The van der Waals surface area contributed by atoms with Gasteiger partial charge in [0.25, 0.3) is 11.5 Å². The van der Waals surface area contributed by atoms with Crippen molar-refractivity contribution in [3.8, 4) is 5.75 Å². The number of aromatic hydroxyl groups is 1. The molecule has 0 spiro atoms. The number of hydrogen-bond donors (Lipinski definition) is 2. The highest BCUT2D eigenvalue weighted by molar-refractivity contribution is 7.98. The van der Waals surface area contributed by atoms with E-state index in [1.807, 2.05) is 13.8 Å². The van der Waals surface area contributed by atoms with Crippen molar-refractivity contribution in [3.63, 3.8) is 0 Å². The molecule has 29 heavy (non-hydrogen) atoms. The molecule has 0 fully saturated rings. The Kier molecular flexibility index (Phi) is 7.84. The quantitative estimate of drug-likeness (QED) is 0.603. The Morgan fingerprint density at radius 1 is 1.28 bits per heavy atom. The maximum Gasteiger partial charge on any atom is 0.293 e. The van der Waals surface area contributed by atoms with Gasteiger partial charge in [-0.1, -0.05) is 32.4 Å². The second-order valence-electron chi connectivity index (χ2n) is 7.73. The molecule has 1 amide bonds. The lowest BCUT2D eigenvalue weighted by molar-refractivity contribution is 0.0774. The van der Waals surface area contributed by atoms with Gasteiger partial charge in [-0.05, 0) is 42.5 Å². The topological polar surface area (TPSA) is 86.3 Å².